The minimum absolute atomic E-state index is 0.0399. The number of rotatable bonds is 46. The molecule has 360 valence electrons. The number of likely N-dealkylation sites (N-methyl/N-ethyl adjacent to an activating group) is 1. The lowest BCUT2D eigenvalue weighted by Gasteiger charge is -2.34. The van der Waals surface area contributed by atoms with Crippen molar-refractivity contribution in [3.8, 4) is 0 Å². The van der Waals surface area contributed by atoms with E-state index in [1.807, 2.05) is 0 Å². The molecule has 0 aromatic rings. The van der Waals surface area contributed by atoms with Gasteiger partial charge < -0.3 is 28.6 Å². The van der Waals surface area contributed by atoms with Gasteiger partial charge in [-0.2, -0.15) is 0 Å². The van der Waals surface area contributed by atoms with E-state index in [1.165, 1.54) is 135 Å². The second-order valence-corrected chi connectivity index (χ2v) is 18.4. The third-order valence-corrected chi connectivity index (χ3v) is 11.4. The zero-order valence-corrected chi connectivity index (χ0v) is 41.0. The van der Waals surface area contributed by atoms with Crippen LogP contribution in [0.25, 0.3) is 0 Å². The molecular formula is C54H97NO7. The Labute approximate surface area is 382 Å². The van der Waals surface area contributed by atoms with Crippen molar-refractivity contribution in [1.82, 2.24) is 0 Å². The summed E-state index contributed by atoms with van der Waals surface area (Å²) in [5.41, 5.74) is 0. The molecule has 0 bridgehead atoms. The van der Waals surface area contributed by atoms with E-state index in [-0.39, 0.29) is 42.7 Å². The average Bonchev–Trinajstić information content (AvgIpc) is 3.23. The highest BCUT2D eigenvalue weighted by Gasteiger charge is 2.25. The van der Waals surface area contributed by atoms with Crippen molar-refractivity contribution in [1.29, 1.82) is 0 Å². The fourth-order valence-electron chi connectivity index (χ4n) is 7.49. The van der Waals surface area contributed by atoms with E-state index in [1.54, 1.807) is 21.1 Å². The first-order chi connectivity index (χ1) is 30.1. The van der Waals surface area contributed by atoms with Crippen LogP contribution in [0, 0.1) is 0 Å². The van der Waals surface area contributed by atoms with E-state index in [4.69, 9.17) is 14.2 Å². The smallest absolute Gasteiger partial charge is 0.306 e. The maximum atomic E-state index is 12.8. The van der Waals surface area contributed by atoms with E-state index >= 15 is 0 Å². The predicted molar refractivity (Wildman–Crippen MR) is 259 cm³/mol. The Hall–Kier alpha value is -2.71. The van der Waals surface area contributed by atoms with Gasteiger partial charge in [0.25, 0.3) is 0 Å². The van der Waals surface area contributed by atoms with Gasteiger partial charge in [-0.15, -0.1) is 0 Å². The summed E-state index contributed by atoms with van der Waals surface area (Å²) in [6.07, 6.45) is 54.2. The number of nitrogens with zero attached hydrogens (tertiary/aromatic N) is 1. The first-order valence-corrected chi connectivity index (χ1v) is 25.7. The monoisotopic (exact) mass is 872 g/mol. The van der Waals surface area contributed by atoms with Gasteiger partial charge in [0.1, 0.15) is 12.6 Å². The highest BCUT2D eigenvalue weighted by molar-refractivity contribution is 5.70. The molecule has 62 heavy (non-hydrogen) atoms. The van der Waals surface area contributed by atoms with Crippen LogP contribution in [0.4, 0.5) is 0 Å². The molecule has 0 fully saturated rings. The molecule has 0 aromatic carbocycles. The lowest BCUT2D eigenvalue weighted by atomic mass is 10.0. The van der Waals surface area contributed by atoms with E-state index in [2.05, 4.69) is 62.5 Å². The number of aliphatic carboxylic acids is 1. The number of hydrogen-bond donors (Lipinski definition) is 0. The van der Waals surface area contributed by atoms with Gasteiger partial charge in [-0.1, -0.05) is 184 Å². The van der Waals surface area contributed by atoms with Gasteiger partial charge in [0.05, 0.1) is 40.3 Å². The van der Waals surface area contributed by atoms with Crippen LogP contribution in [0.1, 0.15) is 226 Å². The number of unbranched alkanes of at least 4 members (excludes halogenated alkanes) is 24. The van der Waals surface area contributed by atoms with Crippen LogP contribution in [0.5, 0.6) is 0 Å². The standard InChI is InChI=1S/C54H97NO7/c1-6-8-10-12-14-16-18-20-22-23-24-25-26-27-28-29-31-32-34-36-38-40-42-44-52(56)61-49-50(48-60-47-46-51(54(58)59)55(3,4)5)62-53(57)45-43-41-39-37-35-33-30-21-19-17-15-13-11-9-7-2/h8,10,14,16-17,19-20,22,50-51H,6-7,9,11-13,15,18,21,23-49H2,1-5H3/b10-8+,16-14+,19-17+,22-20+. The summed E-state index contributed by atoms with van der Waals surface area (Å²) in [5.74, 6) is -1.73. The Morgan fingerprint density at radius 3 is 1.35 bits per heavy atom. The molecule has 0 aliphatic carbocycles. The number of quaternary nitrogens is 1. The van der Waals surface area contributed by atoms with Crippen molar-refractivity contribution in [3.63, 3.8) is 0 Å². The van der Waals surface area contributed by atoms with Crippen molar-refractivity contribution in [2.75, 3.05) is 41.0 Å². The van der Waals surface area contributed by atoms with Crippen molar-refractivity contribution in [3.05, 3.63) is 48.6 Å². The van der Waals surface area contributed by atoms with Crippen LogP contribution < -0.4 is 5.11 Å². The highest BCUT2D eigenvalue weighted by Crippen LogP contribution is 2.16. The van der Waals surface area contributed by atoms with Crippen LogP contribution in [-0.4, -0.2) is 75.5 Å². The zero-order valence-electron chi connectivity index (χ0n) is 41.0. The van der Waals surface area contributed by atoms with Gasteiger partial charge in [-0.05, 0) is 70.6 Å². The number of ether oxygens (including phenoxy) is 3. The summed E-state index contributed by atoms with van der Waals surface area (Å²) in [4.78, 5) is 37.0. The fraction of sp³-hybridized carbons (Fsp3) is 0.796. The maximum absolute atomic E-state index is 12.8. The van der Waals surface area contributed by atoms with Gasteiger partial charge in [0.2, 0.25) is 0 Å². The Kier molecular flexibility index (Phi) is 42.9. The molecule has 8 nitrogen and oxygen atoms in total. The summed E-state index contributed by atoms with van der Waals surface area (Å²) >= 11 is 0. The van der Waals surface area contributed by atoms with Crippen molar-refractivity contribution in [2.24, 2.45) is 0 Å². The molecule has 0 amide bonds. The van der Waals surface area contributed by atoms with Crippen LogP contribution >= 0.6 is 0 Å². The maximum Gasteiger partial charge on any atom is 0.306 e. The second kappa shape index (κ2) is 44.9. The van der Waals surface area contributed by atoms with E-state index in [0.717, 1.165) is 57.8 Å². The Morgan fingerprint density at radius 1 is 0.500 bits per heavy atom. The quantitative estimate of drug-likeness (QED) is 0.0260. The lowest BCUT2D eigenvalue weighted by Crippen LogP contribution is -2.55. The molecule has 0 heterocycles. The average molecular weight is 872 g/mol. The minimum atomic E-state index is -1.12. The normalized spacial score (nSPS) is 13.2. The number of carboxylic acids is 1. The lowest BCUT2D eigenvalue weighted by molar-refractivity contribution is -0.889. The molecule has 0 saturated carbocycles. The number of carboxylic acid groups (broad SMARTS) is 1. The molecular weight excluding hydrogens is 775 g/mol. The van der Waals surface area contributed by atoms with Crippen molar-refractivity contribution in [2.45, 2.75) is 238 Å². The SMILES string of the molecule is CC/C=C/C/C=C/C/C=C/CCCCCCCCCCCCCCCC(=O)OCC(COCCC(C(=O)[O-])[N+](C)(C)C)OC(=O)CCCCCCCCC/C=C/CCCCCC. The number of esters is 2. The number of allylic oxidation sites excluding steroid dienone is 8. The van der Waals surface area contributed by atoms with Crippen LogP contribution in [0.2, 0.25) is 0 Å². The minimum Gasteiger partial charge on any atom is -0.544 e. The summed E-state index contributed by atoms with van der Waals surface area (Å²) < 4.78 is 17.2. The van der Waals surface area contributed by atoms with Gasteiger partial charge >= 0.3 is 11.9 Å². The van der Waals surface area contributed by atoms with Crippen LogP contribution in [0.15, 0.2) is 48.6 Å². The third kappa shape index (κ3) is 42.6. The molecule has 0 aromatic heterocycles. The summed E-state index contributed by atoms with van der Waals surface area (Å²) in [6, 6.07) is -0.727. The van der Waals surface area contributed by atoms with Crippen LogP contribution in [0.3, 0.4) is 0 Å². The number of carbonyl (C=O) groups excluding carboxylic acids is 3. The van der Waals surface area contributed by atoms with E-state index in [0.29, 0.717) is 12.8 Å². The summed E-state index contributed by atoms with van der Waals surface area (Å²) in [6.45, 7) is 4.56. The molecule has 0 spiro atoms. The molecule has 0 rings (SSSR count). The van der Waals surface area contributed by atoms with Crippen LogP contribution in [-0.2, 0) is 28.6 Å². The van der Waals surface area contributed by atoms with E-state index in [9.17, 15) is 19.5 Å². The fourth-order valence-corrected chi connectivity index (χ4v) is 7.49. The topological polar surface area (TPSA) is 102 Å². The number of carbonyl (C=O) groups is 3. The van der Waals surface area contributed by atoms with Gasteiger partial charge in [-0.3, -0.25) is 9.59 Å². The first-order valence-electron chi connectivity index (χ1n) is 25.7. The largest absolute Gasteiger partial charge is 0.544 e. The second-order valence-electron chi connectivity index (χ2n) is 18.4. The highest BCUT2D eigenvalue weighted by atomic mass is 16.6. The predicted octanol–water partition coefficient (Wildman–Crippen LogP) is 13.4. The molecule has 0 saturated heterocycles. The number of hydrogen-bond acceptors (Lipinski definition) is 7. The van der Waals surface area contributed by atoms with Crippen molar-refractivity contribution >= 4 is 17.9 Å². The molecule has 8 heteroatoms. The first kappa shape index (κ1) is 59.3. The van der Waals surface area contributed by atoms with Crippen molar-refractivity contribution < 1.29 is 38.2 Å². The summed E-state index contributed by atoms with van der Waals surface area (Å²) in [7, 11) is 5.42. The molecule has 0 radical (unpaired) electrons. The molecule has 0 aliphatic heterocycles. The van der Waals surface area contributed by atoms with Gasteiger partial charge in [0, 0.05) is 19.3 Å². The Morgan fingerprint density at radius 2 is 0.903 bits per heavy atom. The third-order valence-electron chi connectivity index (χ3n) is 11.4. The zero-order chi connectivity index (χ0) is 45.6. The Balaban J connectivity index is 4.19. The molecule has 0 aliphatic rings. The summed E-state index contributed by atoms with van der Waals surface area (Å²) in [5, 5.41) is 11.7. The molecule has 2 unspecified atom stereocenters. The molecule has 0 N–H and O–H groups in total. The van der Waals surface area contributed by atoms with Gasteiger partial charge in [0.15, 0.2) is 6.10 Å². The molecule has 2 atom stereocenters. The Bertz CT molecular complexity index is 1150. The van der Waals surface area contributed by atoms with E-state index < -0.39 is 18.1 Å². The van der Waals surface area contributed by atoms with Gasteiger partial charge in [-0.25, -0.2) is 0 Å².